The lowest BCUT2D eigenvalue weighted by molar-refractivity contribution is -0.132. The second-order valence-electron chi connectivity index (χ2n) is 7.18. The summed E-state index contributed by atoms with van der Waals surface area (Å²) in [7, 11) is 0. The van der Waals surface area contributed by atoms with Crippen molar-refractivity contribution in [2.45, 2.75) is 39.0 Å². The molecule has 2 saturated heterocycles. The number of benzene rings is 1. The molecule has 0 saturated carbocycles. The minimum absolute atomic E-state index is 0.0544. The maximum absolute atomic E-state index is 12.7. The number of hydrogen-bond acceptors (Lipinski definition) is 4. The van der Waals surface area contributed by atoms with Gasteiger partial charge in [-0.05, 0) is 49.8 Å². The van der Waals surface area contributed by atoms with Crippen LogP contribution in [0, 0.1) is 0 Å². The van der Waals surface area contributed by atoms with Crippen molar-refractivity contribution in [3.63, 3.8) is 0 Å². The summed E-state index contributed by atoms with van der Waals surface area (Å²) in [6.45, 7) is 4.23. The molecular formula is C22H26N2O2S2. The largest absolute Gasteiger partial charge is 0.343 e. The molecule has 0 unspecified atom stereocenters. The first-order valence-electron chi connectivity index (χ1n) is 9.81. The summed E-state index contributed by atoms with van der Waals surface area (Å²) >= 11 is 6.73. The van der Waals surface area contributed by atoms with Crippen molar-refractivity contribution in [1.82, 2.24) is 9.80 Å². The smallest absolute Gasteiger partial charge is 0.266 e. The Bertz CT molecular complexity index is 796. The van der Waals surface area contributed by atoms with Crippen LogP contribution in [0.4, 0.5) is 0 Å². The van der Waals surface area contributed by atoms with Gasteiger partial charge in [-0.15, -0.1) is 0 Å². The number of hydrogen-bond donors (Lipinski definition) is 0. The molecular weight excluding hydrogens is 388 g/mol. The molecule has 2 amide bonds. The highest BCUT2D eigenvalue weighted by molar-refractivity contribution is 8.26. The number of carbonyl (C=O) groups excluding carboxylic acids is 2. The van der Waals surface area contributed by atoms with E-state index in [0.717, 1.165) is 37.1 Å². The van der Waals surface area contributed by atoms with E-state index in [1.54, 1.807) is 4.90 Å². The highest BCUT2D eigenvalue weighted by Crippen LogP contribution is 2.32. The van der Waals surface area contributed by atoms with E-state index in [1.807, 2.05) is 54.3 Å². The van der Waals surface area contributed by atoms with E-state index in [0.29, 0.717) is 28.6 Å². The van der Waals surface area contributed by atoms with Gasteiger partial charge in [0, 0.05) is 26.1 Å². The first-order valence-corrected chi connectivity index (χ1v) is 11.0. The third-order valence-electron chi connectivity index (χ3n) is 4.91. The summed E-state index contributed by atoms with van der Waals surface area (Å²) < 4.78 is 0.578. The number of carbonyl (C=O) groups is 2. The van der Waals surface area contributed by atoms with Gasteiger partial charge in [0.2, 0.25) is 5.91 Å². The molecule has 1 aromatic carbocycles. The van der Waals surface area contributed by atoms with E-state index in [2.05, 4.69) is 0 Å². The fourth-order valence-corrected chi connectivity index (χ4v) is 4.80. The van der Waals surface area contributed by atoms with Crippen LogP contribution in [-0.4, -0.2) is 45.6 Å². The number of amides is 2. The maximum Gasteiger partial charge on any atom is 0.266 e. The SMILES string of the molecule is CC(=Cc1ccccc1)C=C1SC(=S)N(CCCC(=O)N2CCCCC2)C1=O. The van der Waals surface area contributed by atoms with Gasteiger partial charge >= 0.3 is 0 Å². The molecule has 0 spiro atoms. The molecule has 28 heavy (non-hydrogen) atoms. The normalized spacial score (nSPS) is 19.6. The lowest BCUT2D eigenvalue weighted by Gasteiger charge is -2.27. The Morgan fingerprint density at radius 2 is 1.89 bits per heavy atom. The molecule has 2 aliphatic heterocycles. The van der Waals surface area contributed by atoms with Gasteiger partial charge in [0.1, 0.15) is 4.32 Å². The summed E-state index contributed by atoms with van der Waals surface area (Å²) in [5, 5.41) is 0. The van der Waals surface area contributed by atoms with Crippen LogP contribution in [-0.2, 0) is 9.59 Å². The molecule has 0 aromatic heterocycles. The van der Waals surface area contributed by atoms with Crippen molar-refractivity contribution in [3.8, 4) is 0 Å². The minimum Gasteiger partial charge on any atom is -0.343 e. The first-order chi connectivity index (χ1) is 13.5. The van der Waals surface area contributed by atoms with E-state index in [9.17, 15) is 9.59 Å². The second-order valence-corrected chi connectivity index (χ2v) is 8.85. The van der Waals surface area contributed by atoms with Gasteiger partial charge in [-0.2, -0.15) is 0 Å². The molecule has 1 aromatic rings. The van der Waals surface area contributed by atoms with Crippen LogP contribution in [0.25, 0.3) is 6.08 Å². The van der Waals surface area contributed by atoms with Crippen molar-refractivity contribution < 1.29 is 9.59 Å². The van der Waals surface area contributed by atoms with Crippen LogP contribution in [0.15, 0.2) is 46.9 Å². The number of piperidine rings is 1. The summed E-state index contributed by atoms with van der Waals surface area (Å²) in [6.07, 6.45) is 8.47. The number of thiocarbonyl (C=S) groups is 1. The minimum atomic E-state index is -0.0544. The predicted octanol–water partition coefficient (Wildman–Crippen LogP) is 4.63. The lowest BCUT2D eigenvalue weighted by Crippen LogP contribution is -2.36. The molecule has 2 aliphatic rings. The van der Waals surface area contributed by atoms with E-state index in [1.165, 1.54) is 18.2 Å². The molecule has 2 heterocycles. The summed E-state index contributed by atoms with van der Waals surface area (Å²) in [4.78, 5) is 29.2. The van der Waals surface area contributed by atoms with E-state index < -0.39 is 0 Å². The Balaban J connectivity index is 1.54. The van der Waals surface area contributed by atoms with Gasteiger partial charge in [0.15, 0.2) is 0 Å². The van der Waals surface area contributed by atoms with Crippen molar-refractivity contribution >= 4 is 46.2 Å². The van der Waals surface area contributed by atoms with E-state index >= 15 is 0 Å². The lowest BCUT2D eigenvalue weighted by atomic mass is 10.1. The zero-order valence-corrected chi connectivity index (χ0v) is 17.9. The predicted molar refractivity (Wildman–Crippen MR) is 120 cm³/mol. The van der Waals surface area contributed by atoms with Crippen LogP contribution in [0.1, 0.15) is 44.6 Å². The average molecular weight is 415 g/mol. The number of likely N-dealkylation sites (tertiary alicyclic amines) is 1. The Morgan fingerprint density at radius 1 is 1.18 bits per heavy atom. The number of nitrogens with zero attached hydrogens (tertiary/aromatic N) is 2. The highest BCUT2D eigenvalue weighted by Gasteiger charge is 2.31. The summed E-state index contributed by atoms with van der Waals surface area (Å²) in [6, 6.07) is 10.0. The van der Waals surface area contributed by atoms with E-state index in [-0.39, 0.29) is 11.8 Å². The third-order valence-corrected chi connectivity index (χ3v) is 6.29. The Labute approximate surface area is 176 Å². The van der Waals surface area contributed by atoms with Gasteiger partial charge in [-0.25, -0.2) is 0 Å². The van der Waals surface area contributed by atoms with Crippen LogP contribution in [0.5, 0.6) is 0 Å². The van der Waals surface area contributed by atoms with Crippen molar-refractivity contribution in [1.29, 1.82) is 0 Å². The average Bonchev–Trinajstić information content (AvgIpc) is 2.96. The molecule has 0 N–H and O–H groups in total. The molecule has 0 atom stereocenters. The number of rotatable bonds is 6. The van der Waals surface area contributed by atoms with Crippen LogP contribution >= 0.6 is 24.0 Å². The van der Waals surface area contributed by atoms with Crippen LogP contribution in [0.2, 0.25) is 0 Å². The zero-order chi connectivity index (χ0) is 19.9. The third kappa shape index (κ3) is 5.55. The van der Waals surface area contributed by atoms with Gasteiger partial charge in [0.05, 0.1) is 4.91 Å². The zero-order valence-electron chi connectivity index (χ0n) is 16.2. The molecule has 4 nitrogen and oxygen atoms in total. The Morgan fingerprint density at radius 3 is 2.61 bits per heavy atom. The molecule has 148 valence electrons. The summed E-state index contributed by atoms with van der Waals surface area (Å²) in [5.41, 5.74) is 2.11. The van der Waals surface area contributed by atoms with E-state index in [4.69, 9.17) is 12.2 Å². The van der Waals surface area contributed by atoms with Gasteiger partial charge in [-0.1, -0.05) is 60.4 Å². The fraction of sp³-hybridized carbons (Fsp3) is 0.409. The molecule has 3 rings (SSSR count). The quantitative estimate of drug-likeness (QED) is 0.503. The Hall–Kier alpha value is -1.92. The van der Waals surface area contributed by atoms with Gasteiger partial charge in [-0.3, -0.25) is 14.5 Å². The van der Waals surface area contributed by atoms with Crippen molar-refractivity contribution in [3.05, 3.63) is 52.4 Å². The van der Waals surface area contributed by atoms with Crippen LogP contribution in [0.3, 0.4) is 0 Å². The molecule has 0 aliphatic carbocycles. The molecule has 0 radical (unpaired) electrons. The molecule has 2 fully saturated rings. The standard InChI is InChI=1S/C22H26N2O2S2/c1-17(15-18-9-4-2-5-10-18)16-19-21(26)24(22(27)28-19)14-8-11-20(25)23-12-6-3-7-13-23/h2,4-5,9-10,15-16H,3,6-8,11-14H2,1H3. The maximum atomic E-state index is 12.7. The Kier molecular flexibility index (Phi) is 7.45. The monoisotopic (exact) mass is 414 g/mol. The second kappa shape index (κ2) is 10.0. The molecule has 6 heteroatoms. The summed E-state index contributed by atoms with van der Waals surface area (Å²) in [5.74, 6) is 0.142. The van der Waals surface area contributed by atoms with Crippen molar-refractivity contribution in [2.24, 2.45) is 0 Å². The van der Waals surface area contributed by atoms with Crippen molar-refractivity contribution in [2.75, 3.05) is 19.6 Å². The van der Waals surface area contributed by atoms with Gasteiger partial charge in [0.25, 0.3) is 5.91 Å². The van der Waals surface area contributed by atoms with Crippen LogP contribution < -0.4 is 0 Å². The molecule has 0 bridgehead atoms. The number of allylic oxidation sites excluding steroid dienone is 2. The highest BCUT2D eigenvalue weighted by atomic mass is 32.2. The van der Waals surface area contributed by atoms with Gasteiger partial charge < -0.3 is 4.90 Å². The number of thioether (sulfide) groups is 1. The topological polar surface area (TPSA) is 40.6 Å². The fourth-order valence-electron chi connectivity index (χ4n) is 3.44. The first kappa shape index (κ1) is 20.8.